The van der Waals surface area contributed by atoms with E-state index in [1.54, 1.807) is 35.2 Å². The Bertz CT molecular complexity index is 762. The van der Waals surface area contributed by atoms with Crippen LogP contribution in [0.1, 0.15) is 23.2 Å². The van der Waals surface area contributed by atoms with E-state index in [0.29, 0.717) is 23.0 Å². The van der Waals surface area contributed by atoms with Crippen molar-refractivity contribution in [1.82, 2.24) is 0 Å². The van der Waals surface area contributed by atoms with Crippen LogP contribution in [0.5, 0.6) is 0 Å². The summed E-state index contributed by atoms with van der Waals surface area (Å²) in [6.07, 6.45) is 1.41. The third kappa shape index (κ3) is 3.42. The number of nitrogens with zero attached hydrogens (tertiary/aromatic N) is 1. The monoisotopic (exact) mass is 376 g/mol. The third-order valence-electron chi connectivity index (χ3n) is 3.69. The minimum absolute atomic E-state index is 0.0964. The number of benzene rings is 2. The number of hydrogen-bond acceptors (Lipinski definition) is 2. The molecule has 1 saturated heterocycles. The van der Waals surface area contributed by atoms with Gasteiger partial charge in [0.15, 0.2) is 0 Å². The predicted molar refractivity (Wildman–Crippen MR) is 90.1 cm³/mol. The van der Waals surface area contributed by atoms with Gasteiger partial charge in [-0.25, -0.2) is 4.39 Å². The molecule has 2 aromatic carbocycles. The predicted octanol–water partition coefficient (Wildman–Crippen LogP) is 3.97. The molecule has 0 aromatic heterocycles. The van der Waals surface area contributed by atoms with Crippen LogP contribution in [0.15, 0.2) is 46.9 Å². The molecule has 0 aliphatic carbocycles. The van der Waals surface area contributed by atoms with E-state index in [1.165, 1.54) is 12.1 Å². The highest BCUT2D eigenvalue weighted by Crippen LogP contribution is 2.23. The SMILES string of the molecule is O=C(Nc1ccc(Br)cc1F)c1ccc(N2CCCC2=O)cc1. The molecule has 1 fully saturated rings. The molecular weight excluding hydrogens is 363 g/mol. The van der Waals surface area contributed by atoms with E-state index in [0.717, 1.165) is 12.1 Å². The van der Waals surface area contributed by atoms with E-state index in [2.05, 4.69) is 21.2 Å². The standard InChI is InChI=1S/C17H14BrFN2O2/c18-12-5-8-15(14(19)10-12)20-17(23)11-3-6-13(7-4-11)21-9-1-2-16(21)22/h3-8,10H,1-2,9H2,(H,20,23). The number of anilines is 2. The summed E-state index contributed by atoms with van der Waals surface area (Å²) in [7, 11) is 0. The van der Waals surface area contributed by atoms with E-state index in [-0.39, 0.29) is 11.6 Å². The Kier molecular flexibility index (Phi) is 4.43. The van der Waals surface area contributed by atoms with Gasteiger partial charge in [-0.15, -0.1) is 0 Å². The summed E-state index contributed by atoms with van der Waals surface area (Å²) in [5, 5.41) is 2.54. The second kappa shape index (κ2) is 6.50. The van der Waals surface area contributed by atoms with Crippen molar-refractivity contribution in [3.8, 4) is 0 Å². The molecule has 0 saturated carbocycles. The number of carbonyl (C=O) groups is 2. The van der Waals surface area contributed by atoms with Gasteiger partial charge in [-0.1, -0.05) is 15.9 Å². The van der Waals surface area contributed by atoms with Gasteiger partial charge in [0.25, 0.3) is 5.91 Å². The van der Waals surface area contributed by atoms with Crippen molar-refractivity contribution in [1.29, 1.82) is 0 Å². The fourth-order valence-electron chi connectivity index (χ4n) is 2.50. The van der Waals surface area contributed by atoms with Crippen LogP contribution in [0, 0.1) is 5.82 Å². The van der Waals surface area contributed by atoms with E-state index in [1.807, 2.05) is 0 Å². The Morgan fingerprint density at radius 1 is 1.17 bits per heavy atom. The van der Waals surface area contributed by atoms with Gasteiger partial charge in [0.05, 0.1) is 5.69 Å². The van der Waals surface area contributed by atoms with Gasteiger partial charge in [-0.2, -0.15) is 0 Å². The molecule has 0 spiro atoms. The Morgan fingerprint density at radius 3 is 2.52 bits per heavy atom. The molecule has 1 heterocycles. The van der Waals surface area contributed by atoms with Crippen LogP contribution in [0.4, 0.5) is 15.8 Å². The summed E-state index contributed by atoms with van der Waals surface area (Å²) >= 11 is 3.17. The number of hydrogen-bond donors (Lipinski definition) is 1. The fraction of sp³-hybridized carbons (Fsp3) is 0.176. The summed E-state index contributed by atoms with van der Waals surface area (Å²) < 4.78 is 14.4. The Labute approximate surface area is 141 Å². The Balaban J connectivity index is 1.74. The van der Waals surface area contributed by atoms with Gasteiger partial charge in [0.2, 0.25) is 5.91 Å². The third-order valence-corrected chi connectivity index (χ3v) is 4.19. The molecule has 4 nitrogen and oxygen atoms in total. The first-order valence-electron chi connectivity index (χ1n) is 7.21. The molecule has 2 amide bonds. The van der Waals surface area contributed by atoms with Crippen molar-refractivity contribution < 1.29 is 14.0 Å². The van der Waals surface area contributed by atoms with Gasteiger partial charge in [0.1, 0.15) is 5.82 Å². The van der Waals surface area contributed by atoms with E-state index < -0.39 is 11.7 Å². The molecule has 23 heavy (non-hydrogen) atoms. The lowest BCUT2D eigenvalue weighted by Gasteiger charge is -2.15. The smallest absolute Gasteiger partial charge is 0.255 e. The van der Waals surface area contributed by atoms with Gasteiger partial charge in [0, 0.05) is 28.7 Å². The maximum absolute atomic E-state index is 13.7. The van der Waals surface area contributed by atoms with Crippen LogP contribution >= 0.6 is 15.9 Å². The van der Waals surface area contributed by atoms with Crippen LogP contribution in [-0.2, 0) is 4.79 Å². The van der Waals surface area contributed by atoms with E-state index in [4.69, 9.17) is 0 Å². The number of amides is 2. The summed E-state index contributed by atoms with van der Waals surface area (Å²) in [4.78, 5) is 25.6. The average Bonchev–Trinajstić information content (AvgIpc) is 2.96. The maximum Gasteiger partial charge on any atom is 0.255 e. The van der Waals surface area contributed by atoms with Gasteiger partial charge in [-0.05, 0) is 48.9 Å². The molecule has 0 radical (unpaired) electrons. The first kappa shape index (κ1) is 15.7. The maximum atomic E-state index is 13.7. The molecule has 3 rings (SSSR count). The van der Waals surface area contributed by atoms with Crippen LogP contribution in [0.3, 0.4) is 0 Å². The summed E-state index contributed by atoms with van der Waals surface area (Å²) in [5.41, 5.74) is 1.30. The molecular formula is C17H14BrFN2O2. The number of rotatable bonds is 3. The minimum Gasteiger partial charge on any atom is -0.319 e. The summed E-state index contributed by atoms with van der Waals surface area (Å²) in [5.74, 6) is -0.809. The lowest BCUT2D eigenvalue weighted by molar-refractivity contribution is -0.117. The second-order valence-electron chi connectivity index (χ2n) is 5.27. The van der Waals surface area contributed by atoms with Crippen LogP contribution in [0.25, 0.3) is 0 Å². The normalized spacial score (nSPS) is 14.2. The van der Waals surface area contributed by atoms with Gasteiger partial charge in [-0.3, -0.25) is 9.59 Å². The molecule has 6 heteroatoms. The summed E-state index contributed by atoms with van der Waals surface area (Å²) in [6.45, 7) is 0.703. The van der Waals surface area contributed by atoms with Crippen LogP contribution < -0.4 is 10.2 Å². The topological polar surface area (TPSA) is 49.4 Å². The summed E-state index contributed by atoms with van der Waals surface area (Å²) in [6, 6.07) is 11.2. The quantitative estimate of drug-likeness (QED) is 0.880. The molecule has 0 unspecified atom stereocenters. The highest BCUT2D eigenvalue weighted by molar-refractivity contribution is 9.10. The number of nitrogens with one attached hydrogen (secondary N) is 1. The average molecular weight is 377 g/mol. The van der Waals surface area contributed by atoms with Crippen molar-refractivity contribution in [2.45, 2.75) is 12.8 Å². The highest BCUT2D eigenvalue weighted by atomic mass is 79.9. The fourth-order valence-corrected chi connectivity index (χ4v) is 2.83. The first-order chi connectivity index (χ1) is 11.0. The molecule has 0 atom stereocenters. The second-order valence-corrected chi connectivity index (χ2v) is 6.19. The van der Waals surface area contributed by atoms with Crippen LogP contribution in [-0.4, -0.2) is 18.4 Å². The molecule has 1 aliphatic heterocycles. The highest BCUT2D eigenvalue weighted by Gasteiger charge is 2.21. The zero-order valence-corrected chi connectivity index (χ0v) is 13.8. The van der Waals surface area contributed by atoms with Crippen molar-refractivity contribution >= 4 is 39.1 Å². The lowest BCUT2D eigenvalue weighted by atomic mass is 10.1. The lowest BCUT2D eigenvalue weighted by Crippen LogP contribution is -2.23. The number of carbonyl (C=O) groups excluding carboxylic acids is 2. The Hall–Kier alpha value is -2.21. The zero-order chi connectivity index (χ0) is 16.4. The molecule has 1 aliphatic rings. The van der Waals surface area contributed by atoms with E-state index in [9.17, 15) is 14.0 Å². The van der Waals surface area contributed by atoms with Crippen molar-refractivity contribution in [2.75, 3.05) is 16.8 Å². The Morgan fingerprint density at radius 2 is 1.91 bits per heavy atom. The van der Waals surface area contributed by atoms with Gasteiger partial charge >= 0.3 is 0 Å². The minimum atomic E-state index is -0.507. The van der Waals surface area contributed by atoms with Gasteiger partial charge < -0.3 is 10.2 Å². The van der Waals surface area contributed by atoms with E-state index >= 15 is 0 Å². The molecule has 2 aromatic rings. The molecule has 0 bridgehead atoms. The van der Waals surface area contributed by atoms with Crippen molar-refractivity contribution in [2.24, 2.45) is 0 Å². The number of halogens is 2. The molecule has 1 N–H and O–H groups in total. The van der Waals surface area contributed by atoms with Crippen LogP contribution in [0.2, 0.25) is 0 Å². The first-order valence-corrected chi connectivity index (χ1v) is 8.01. The van der Waals surface area contributed by atoms with Crippen molar-refractivity contribution in [3.63, 3.8) is 0 Å². The van der Waals surface area contributed by atoms with Crippen molar-refractivity contribution in [3.05, 3.63) is 58.3 Å². The largest absolute Gasteiger partial charge is 0.319 e. The zero-order valence-electron chi connectivity index (χ0n) is 12.2. The molecule has 118 valence electrons.